The van der Waals surface area contributed by atoms with Crippen molar-refractivity contribution < 1.29 is 0 Å². The summed E-state index contributed by atoms with van der Waals surface area (Å²) in [6, 6.07) is 0. The summed E-state index contributed by atoms with van der Waals surface area (Å²) in [5, 5.41) is 7.68. The van der Waals surface area contributed by atoms with Gasteiger partial charge in [-0.25, -0.2) is 9.97 Å². The van der Waals surface area contributed by atoms with E-state index in [1.54, 1.807) is 22.7 Å². The SMILES string of the molecule is CCCNc1nc(-c2sc(C)nc2C2CC2)cs1. The lowest BCUT2D eigenvalue weighted by atomic mass is 10.2. The predicted molar refractivity (Wildman–Crippen MR) is 78.7 cm³/mol. The van der Waals surface area contributed by atoms with Crippen LogP contribution in [0.3, 0.4) is 0 Å². The Kier molecular flexibility index (Phi) is 3.35. The lowest BCUT2D eigenvalue weighted by Gasteiger charge is -1.98. The minimum absolute atomic E-state index is 0.693. The van der Waals surface area contributed by atoms with Crippen LogP contribution in [0.2, 0.25) is 0 Å². The topological polar surface area (TPSA) is 37.8 Å². The van der Waals surface area contributed by atoms with Crippen molar-refractivity contribution in [2.75, 3.05) is 11.9 Å². The van der Waals surface area contributed by atoms with Crippen molar-refractivity contribution in [3.8, 4) is 10.6 Å². The fourth-order valence-corrected chi connectivity index (χ4v) is 3.72. The van der Waals surface area contributed by atoms with E-state index in [9.17, 15) is 0 Å². The van der Waals surface area contributed by atoms with E-state index in [2.05, 4.69) is 34.5 Å². The molecule has 0 amide bonds. The molecule has 2 heterocycles. The fourth-order valence-electron chi connectivity index (χ4n) is 1.95. The number of aryl methyl sites for hydroxylation is 1. The van der Waals surface area contributed by atoms with E-state index in [1.807, 2.05) is 0 Å². The van der Waals surface area contributed by atoms with E-state index in [-0.39, 0.29) is 0 Å². The third kappa shape index (κ3) is 2.42. The van der Waals surface area contributed by atoms with Crippen molar-refractivity contribution >= 4 is 27.8 Å². The standard InChI is InChI=1S/C13H17N3S2/c1-3-6-14-13-16-10(7-17-13)12-11(9-4-5-9)15-8(2)18-12/h7,9H,3-6H2,1-2H3,(H,14,16). The van der Waals surface area contributed by atoms with E-state index < -0.39 is 0 Å². The van der Waals surface area contributed by atoms with E-state index >= 15 is 0 Å². The molecular weight excluding hydrogens is 262 g/mol. The van der Waals surface area contributed by atoms with Gasteiger partial charge in [0.05, 0.1) is 21.3 Å². The van der Waals surface area contributed by atoms with Crippen LogP contribution in [0.4, 0.5) is 5.13 Å². The van der Waals surface area contributed by atoms with Crippen LogP contribution in [0.5, 0.6) is 0 Å². The maximum atomic E-state index is 4.68. The van der Waals surface area contributed by atoms with Crippen LogP contribution >= 0.6 is 22.7 Å². The van der Waals surface area contributed by atoms with Gasteiger partial charge in [0.25, 0.3) is 0 Å². The highest BCUT2D eigenvalue weighted by Gasteiger charge is 2.30. The second-order valence-corrected chi connectivity index (χ2v) is 6.75. The van der Waals surface area contributed by atoms with Gasteiger partial charge in [0.2, 0.25) is 0 Å². The maximum absolute atomic E-state index is 4.68. The predicted octanol–water partition coefficient (Wildman–Crippen LogP) is 4.27. The van der Waals surface area contributed by atoms with Gasteiger partial charge < -0.3 is 5.32 Å². The Bertz CT molecular complexity index is 540. The molecule has 0 unspecified atom stereocenters. The quantitative estimate of drug-likeness (QED) is 0.888. The van der Waals surface area contributed by atoms with E-state index in [0.717, 1.165) is 28.8 Å². The molecule has 0 saturated heterocycles. The molecule has 0 atom stereocenters. The van der Waals surface area contributed by atoms with Gasteiger partial charge in [-0.15, -0.1) is 22.7 Å². The fraction of sp³-hybridized carbons (Fsp3) is 0.538. The van der Waals surface area contributed by atoms with Gasteiger partial charge in [0.1, 0.15) is 0 Å². The Hall–Kier alpha value is -0.940. The number of rotatable bonds is 5. The minimum Gasteiger partial charge on any atom is -0.362 e. The number of anilines is 1. The number of nitrogens with one attached hydrogen (secondary N) is 1. The van der Waals surface area contributed by atoms with E-state index in [1.165, 1.54) is 23.4 Å². The Morgan fingerprint density at radius 3 is 2.94 bits per heavy atom. The zero-order chi connectivity index (χ0) is 12.5. The largest absolute Gasteiger partial charge is 0.362 e. The molecule has 0 bridgehead atoms. The average Bonchev–Trinajstić information content (AvgIpc) is 2.97. The lowest BCUT2D eigenvalue weighted by Crippen LogP contribution is -1.98. The molecule has 1 aliphatic carbocycles. The number of hydrogen-bond acceptors (Lipinski definition) is 5. The molecule has 0 radical (unpaired) electrons. The van der Waals surface area contributed by atoms with Gasteiger partial charge in [-0.3, -0.25) is 0 Å². The Labute approximate surface area is 115 Å². The summed E-state index contributed by atoms with van der Waals surface area (Å²) in [6.45, 7) is 5.24. The Morgan fingerprint density at radius 2 is 2.22 bits per heavy atom. The van der Waals surface area contributed by atoms with Crippen LogP contribution < -0.4 is 5.32 Å². The highest BCUT2D eigenvalue weighted by Crippen LogP contribution is 2.46. The lowest BCUT2D eigenvalue weighted by molar-refractivity contribution is 0.976. The summed E-state index contributed by atoms with van der Waals surface area (Å²) in [6.07, 6.45) is 3.71. The maximum Gasteiger partial charge on any atom is 0.183 e. The molecule has 0 spiro atoms. The normalized spacial score (nSPS) is 15.0. The summed E-state index contributed by atoms with van der Waals surface area (Å²) in [5.74, 6) is 0.693. The number of thiazole rings is 2. The highest BCUT2D eigenvalue weighted by molar-refractivity contribution is 7.16. The Balaban J connectivity index is 1.87. The molecule has 0 aliphatic heterocycles. The van der Waals surface area contributed by atoms with Crippen molar-refractivity contribution in [1.82, 2.24) is 9.97 Å². The molecule has 1 aliphatic rings. The summed E-state index contributed by atoms with van der Waals surface area (Å²) < 4.78 is 0. The van der Waals surface area contributed by atoms with Crippen molar-refractivity contribution in [2.24, 2.45) is 0 Å². The first-order chi connectivity index (χ1) is 8.78. The highest BCUT2D eigenvalue weighted by atomic mass is 32.1. The summed E-state index contributed by atoms with van der Waals surface area (Å²) in [4.78, 5) is 10.7. The second kappa shape index (κ2) is 4.97. The third-order valence-electron chi connectivity index (χ3n) is 2.99. The summed E-state index contributed by atoms with van der Waals surface area (Å²) in [5.41, 5.74) is 2.39. The molecule has 1 N–H and O–H groups in total. The number of aromatic nitrogens is 2. The van der Waals surface area contributed by atoms with Crippen LogP contribution in [0, 0.1) is 6.92 Å². The van der Waals surface area contributed by atoms with Gasteiger partial charge in [-0.1, -0.05) is 6.92 Å². The molecule has 2 aromatic heterocycles. The first-order valence-electron chi connectivity index (χ1n) is 6.45. The molecule has 1 fully saturated rings. The van der Waals surface area contributed by atoms with Crippen LogP contribution in [0.15, 0.2) is 5.38 Å². The molecule has 0 aromatic carbocycles. The Morgan fingerprint density at radius 1 is 1.39 bits per heavy atom. The van der Waals surface area contributed by atoms with Gasteiger partial charge in [0, 0.05) is 17.8 Å². The van der Waals surface area contributed by atoms with Gasteiger partial charge >= 0.3 is 0 Å². The van der Waals surface area contributed by atoms with Crippen molar-refractivity contribution in [2.45, 2.75) is 39.0 Å². The molecule has 3 nitrogen and oxygen atoms in total. The molecule has 18 heavy (non-hydrogen) atoms. The van der Waals surface area contributed by atoms with Gasteiger partial charge in [0.15, 0.2) is 5.13 Å². The average molecular weight is 279 g/mol. The number of hydrogen-bond donors (Lipinski definition) is 1. The minimum atomic E-state index is 0.693. The molecule has 2 aromatic rings. The van der Waals surface area contributed by atoms with Crippen LogP contribution in [0.25, 0.3) is 10.6 Å². The van der Waals surface area contributed by atoms with Gasteiger partial charge in [-0.2, -0.15) is 0 Å². The molecule has 96 valence electrons. The smallest absolute Gasteiger partial charge is 0.183 e. The monoisotopic (exact) mass is 279 g/mol. The van der Waals surface area contributed by atoms with Crippen molar-refractivity contribution in [3.05, 3.63) is 16.1 Å². The van der Waals surface area contributed by atoms with E-state index in [4.69, 9.17) is 0 Å². The van der Waals surface area contributed by atoms with Crippen LogP contribution in [-0.4, -0.2) is 16.5 Å². The molecular formula is C13H17N3S2. The third-order valence-corrected chi connectivity index (χ3v) is 4.80. The zero-order valence-electron chi connectivity index (χ0n) is 10.7. The van der Waals surface area contributed by atoms with E-state index in [0.29, 0.717) is 5.92 Å². The number of nitrogens with zero attached hydrogens (tertiary/aromatic N) is 2. The van der Waals surface area contributed by atoms with Crippen molar-refractivity contribution in [1.29, 1.82) is 0 Å². The second-order valence-electron chi connectivity index (χ2n) is 4.69. The first-order valence-corrected chi connectivity index (χ1v) is 8.14. The van der Waals surface area contributed by atoms with Crippen molar-refractivity contribution in [3.63, 3.8) is 0 Å². The van der Waals surface area contributed by atoms with Gasteiger partial charge in [-0.05, 0) is 26.2 Å². The van der Waals surface area contributed by atoms with Crippen LogP contribution in [0.1, 0.15) is 42.8 Å². The molecule has 1 saturated carbocycles. The summed E-state index contributed by atoms with van der Waals surface area (Å²) in [7, 11) is 0. The van der Waals surface area contributed by atoms with Crippen LogP contribution in [-0.2, 0) is 0 Å². The first kappa shape index (κ1) is 12.1. The molecule has 3 rings (SSSR count). The zero-order valence-corrected chi connectivity index (χ0v) is 12.3. The molecule has 5 heteroatoms. The summed E-state index contributed by atoms with van der Waals surface area (Å²) >= 11 is 3.47.